The molecule has 10 heteroatoms. The fourth-order valence-corrected chi connectivity index (χ4v) is 6.47. The number of hydrogen-bond acceptors (Lipinski definition) is 4. The number of urea groups is 1. The second kappa shape index (κ2) is 9.76. The van der Waals surface area contributed by atoms with E-state index in [4.69, 9.17) is 0 Å². The van der Waals surface area contributed by atoms with Crippen LogP contribution in [0.25, 0.3) is 0 Å². The Morgan fingerprint density at radius 2 is 1.67 bits per heavy atom. The van der Waals surface area contributed by atoms with Crippen molar-refractivity contribution in [3.63, 3.8) is 0 Å². The van der Waals surface area contributed by atoms with E-state index >= 15 is 0 Å². The number of carbonyl (C=O) groups excluding carboxylic acids is 2. The van der Waals surface area contributed by atoms with Gasteiger partial charge in [-0.15, -0.1) is 0 Å². The normalized spacial score (nSPS) is 29.8. The standard InChI is InChI=1S/C26H35F3N4O3/c27-26(28,29)19-3-1-4-21(17-19)30-13-15-31(16-14-30)24(36)32-11-2-9-25(18-32)10-12-33(23(25)35)20-5-7-22(34)8-6-20/h1,3-4,17,20,22,34H,2,5-16,18H2/t20-,22-,25-/m1/s1. The molecule has 3 aliphatic heterocycles. The van der Waals surface area contributed by atoms with Gasteiger partial charge in [-0.2, -0.15) is 13.2 Å². The predicted octanol–water partition coefficient (Wildman–Crippen LogP) is 3.57. The minimum absolute atomic E-state index is 0.0789. The average Bonchev–Trinajstić information content (AvgIpc) is 3.18. The van der Waals surface area contributed by atoms with Crippen molar-refractivity contribution in [1.82, 2.24) is 14.7 Å². The number of halogens is 3. The zero-order chi connectivity index (χ0) is 25.5. The molecule has 1 aliphatic carbocycles. The van der Waals surface area contributed by atoms with E-state index in [1.807, 2.05) is 14.7 Å². The van der Waals surface area contributed by atoms with Crippen LogP contribution in [0.15, 0.2) is 24.3 Å². The molecule has 4 aliphatic rings. The molecule has 198 valence electrons. The minimum atomic E-state index is -4.39. The Labute approximate surface area is 209 Å². The molecule has 0 unspecified atom stereocenters. The van der Waals surface area contributed by atoms with Gasteiger partial charge < -0.3 is 24.7 Å². The molecule has 1 aromatic rings. The van der Waals surface area contributed by atoms with Crippen LogP contribution in [0.5, 0.6) is 0 Å². The lowest BCUT2D eigenvalue weighted by atomic mass is 9.78. The maximum Gasteiger partial charge on any atom is 0.416 e. The summed E-state index contributed by atoms with van der Waals surface area (Å²) in [5, 5.41) is 9.82. The van der Waals surface area contributed by atoms with Crippen LogP contribution in [-0.2, 0) is 11.0 Å². The predicted molar refractivity (Wildman–Crippen MR) is 128 cm³/mol. The largest absolute Gasteiger partial charge is 0.416 e. The van der Waals surface area contributed by atoms with E-state index in [2.05, 4.69) is 0 Å². The molecule has 0 bridgehead atoms. The number of rotatable bonds is 2. The molecule has 3 heterocycles. The smallest absolute Gasteiger partial charge is 0.393 e. The summed E-state index contributed by atoms with van der Waals surface area (Å²) in [6.07, 6.45) is 0.844. The molecule has 1 N–H and O–H groups in total. The van der Waals surface area contributed by atoms with E-state index in [9.17, 15) is 27.9 Å². The van der Waals surface area contributed by atoms with Gasteiger partial charge in [0.25, 0.3) is 0 Å². The maximum atomic E-state index is 13.5. The number of amides is 3. The molecule has 4 fully saturated rings. The van der Waals surface area contributed by atoms with Crippen molar-refractivity contribution in [1.29, 1.82) is 0 Å². The van der Waals surface area contributed by atoms with E-state index in [0.29, 0.717) is 45.0 Å². The van der Waals surface area contributed by atoms with Crippen LogP contribution in [0.2, 0.25) is 0 Å². The highest BCUT2D eigenvalue weighted by molar-refractivity contribution is 5.86. The fourth-order valence-electron chi connectivity index (χ4n) is 6.47. The summed E-state index contributed by atoms with van der Waals surface area (Å²) in [5.74, 6) is 0.163. The minimum Gasteiger partial charge on any atom is -0.393 e. The summed E-state index contributed by atoms with van der Waals surface area (Å²) < 4.78 is 39.3. The molecular weight excluding hydrogens is 473 g/mol. The van der Waals surface area contributed by atoms with E-state index in [0.717, 1.165) is 63.6 Å². The topological polar surface area (TPSA) is 67.3 Å². The van der Waals surface area contributed by atoms with Gasteiger partial charge in [-0.3, -0.25) is 4.79 Å². The van der Waals surface area contributed by atoms with Crippen LogP contribution in [0, 0.1) is 5.41 Å². The molecule has 3 saturated heterocycles. The molecular formula is C26H35F3N4O3. The number of likely N-dealkylation sites (tertiary alicyclic amines) is 2. The Kier molecular flexibility index (Phi) is 6.82. The number of anilines is 1. The first-order valence-electron chi connectivity index (χ1n) is 13.1. The number of aliphatic hydroxyl groups is 1. The lowest BCUT2D eigenvalue weighted by Crippen LogP contribution is -2.57. The monoisotopic (exact) mass is 508 g/mol. The van der Waals surface area contributed by atoms with E-state index in [1.165, 1.54) is 6.07 Å². The van der Waals surface area contributed by atoms with Crippen LogP contribution in [-0.4, -0.2) is 89.7 Å². The number of piperidine rings is 1. The summed E-state index contributed by atoms with van der Waals surface area (Å²) in [5.41, 5.74) is -0.665. The molecule has 0 aromatic heterocycles. The summed E-state index contributed by atoms with van der Waals surface area (Å²) in [7, 11) is 0. The molecule has 3 amide bonds. The van der Waals surface area contributed by atoms with Gasteiger partial charge >= 0.3 is 12.2 Å². The molecule has 1 atom stereocenters. The average molecular weight is 509 g/mol. The van der Waals surface area contributed by atoms with E-state index < -0.39 is 17.2 Å². The van der Waals surface area contributed by atoms with E-state index in [1.54, 1.807) is 11.0 Å². The first-order chi connectivity index (χ1) is 17.2. The molecule has 1 aromatic carbocycles. The summed E-state index contributed by atoms with van der Waals surface area (Å²) >= 11 is 0. The van der Waals surface area contributed by atoms with Crippen molar-refractivity contribution < 1.29 is 27.9 Å². The first-order valence-corrected chi connectivity index (χ1v) is 13.1. The SMILES string of the molecule is O=C(N1CCN(c2cccc(C(F)(F)F)c2)CC1)N1CCC[C@@]2(CCN([C@H]3CC[C@H](O)CC3)C2=O)C1. The highest BCUT2D eigenvalue weighted by Crippen LogP contribution is 2.43. The molecule has 0 radical (unpaired) electrons. The van der Waals surface area contributed by atoms with Crippen LogP contribution in [0.4, 0.5) is 23.7 Å². The van der Waals surface area contributed by atoms with Crippen molar-refractivity contribution in [2.75, 3.05) is 50.7 Å². The number of alkyl halides is 3. The lowest BCUT2D eigenvalue weighted by molar-refractivity contribution is -0.141. The van der Waals surface area contributed by atoms with Gasteiger partial charge in [-0.1, -0.05) is 6.07 Å². The first kappa shape index (κ1) is 25.2. The molecule has 36 heavy (non-hydrogen) atoms. The summed E-state index contributed by atoms with van der Waals surface area (Å²) in [4.78, 5) is 34.4. The third kappa shape index (κ3) is 4.88. The Bertz CT molecular complexity index is 973. The van der Waals surface area contributed by atoms with Crippen molar-refractivity contribution in [2.24, 2.45) is 5.41 Å². The number of hydrogen-bond donors (Lipinski definition) is 1. The Morgan fingerprint density at radius 3 is 2.36 bits per heavy atom. The summed E-state index contributed by atoms with van der Waals surface area (Å²) in [6.45, 7) is 3.57. The number of aliphatic hydroxyl groups excluding tert-OH is 1. The highest BCUT2D eigenvalue weighted by Gasteiger charge is 2.51. The third-order valence-corrected chi connectivity index (χ3v) is 8.59. The highest BCUT2D eigenvalue weighted by atomic mass is 19.4. The van der Waals surface area contributed by atoms with Crippen LogP contribution < -0.4 is 4.90 Å². The molecule has 1 saturated carbocycles. The zero-order valence-electron chi connectivity index (χ0n) is 20.6. The molecule has 5 rings (SSSR count). The Balaban J connectivity index is 1.18. The zero-order valence-corrected chi connectivity index (χ0v) is 20.6. The van der Waals surface area contributed by atoms with Crippen molar-refractivity contribution in [3.05, 3.63) is 29.8 Å². The Hall–Kier alpha value is -2.49. The van der Waals surface area contributed by atoms with Gasteiger partial charge in [-0.25, -0.2) is 4.79 Å². The third-order valence-electron chi connectivity index (χ3n) is 8.59. The van der Waals surface area contributed by atoms with Gasteiger partial charge in [0.05, 0.1) is 17.1 Å². The second-order valence-electron chi connectivity index (χ2n) is 10.8. The maximum absolute atomic E-state index is 13.5. The van der Waals surface area contributed by atoms with Crippen LogP contribution >= 0.6 is 0 Å². The van der Waals surface area contributed by atoms with Crippen molar-refractivity contribution >= 4 is 17.6 Å². The van der Waals surface area contributed by atoms with Gasteiger partial charge in [0.15, 0.2) is 0 Å². The van der Waals surface area contributed by atoms with Gasteiger partial charge in [0.1, 0.15) is 0 Å². The van der Waals surface area contributed by atoms with Crippen LogP contribution in [0.3, 0.4) is 0 Å². The number of carbonyl (C=O) groups is 2. The molecule has 1 spiro atoms. The van der Waals surface area contributed by atoms with Gasteiger partial charge in [0, 0.05) is 57.5 Å². The quantitative estimate of drug-likeness (QED) is 0.664. The van der Waals surface area contributed by atoms with Crippen molar-refractivity contribution in [2.45, 2.75) is 63.3 Å². The van der Waals surface area contributed by atoms with Gasteiger partial charge in [0.2, 0.25) is 5.91 Å². The van der Waals surface area contributed by atoms with Gasteiger partial charge in [-0.05, 0) is 63.1 Å². The van der Waals surface area contributed by atoms with Crippen LogP contribution in [0.1, 0.15) is 50.5 Å². The lowest BCUT2D eigenvalue weighted by Gasteiger charge is -2.43. The fraction of sp³-hybridized carbons (Fsp3) is 0.692. The summed E-state index contributed by atoms with van der Waals surface area (Å²) in [6, 6.07) is 5.43. The number of piperazine rings is 1. The number of nitrogens with zero attached hydrogens (tertiary/aromatic N) is 4. The second-order valence-corrected chi connectivity index (χ2v) is 10.8. The molecule has 7 nitrogen and oxygen atoms in total. The van der Waals surface area contributed by atoms with E-state index in [-0.39, 0.29) is 24.1 Å². The Morgan fingerprint density at radius 1 is 0.944 bits per heavy atom. The number of benzene rings is 1. The van der Waals surface area contributed by atoms with Crippen molar-refractivity contribution in [3.8, 4) is 0 Å².